The van der Waals surface area contributed by atoms with Crippen molar-refractivity contribution in [2.75, 3.05) is 14.1 Å². The molecule has 1 nitrogen and oxygen atoms in total. The van der Waals surface area contributed by atoms with Gasteiger partial charge in [-0.2, -0.15) is 0 Å². The summed E-state index contributed by atoms with van der Waals surface area (Å²) in [5.41, 5.74) is 5.27. The first-order valence-corrected chi connectivity index (χ1v) is 6.24. The van der Waals surface area contributed by atoms with Gasteiger partial charge in [-0.05, 0) is 31.5 Å². The molecular weight excluding hydrogens is 230 g/mol. The van der Waals surface area contributed by atoms with Crippen molar-refractivity contribution < 1.29 is 0 Å². The van der Waals surface area contributed by atoms with Gasteiger partial charge in [-0.3, -0.25) is 0 Å². The van der Waals surface area contributed by atoms with E-state index in [0.29, 0.717) is 0 Å². The van der Waals surface area contributed by atoms with Crippen molar-refractivity contribution in [3.8, 4) is 11.8 Å². The highest BCUT2D eigenvalue weighted by atomic mass is 15.1. The normalized spacial score (nSPS) is 10.9. The fraction of sp³-hybridized carbons (Fsp3) is 0.222. The Labute approximate surface area is 117 Å². The zero-order valence-corrected chi connectivity index (χ0v) is 12.2. The van der Waals surface area contributed by atoms with Crippen molar-refractivity contribution in [1.29, 1.82) is 0 Å². The lowest BCUT2D eigenvalue weighted by atomic mass is 10.1. The van der Waals surface area contributed by atoms with Crippen molar-refractivity contribution in [2.24, 2.45) is 0 Å². The molecule has 98 valence electrons. The number of nitrogens with zero attached hydrogens (tertiary/aromatic N) is 1. The number of allylic oxidation sites excluding steroid dienone is 4. The Hall–Kier alpha value is -2.20. The van der Waals surface area contributed by atoms with Gasteiger partial charge in [0.2, 0.25) is 0 Å². The van der Waals surface area contributed by atoms with Crippen LogP contribution in [0.3, 0.4) is 0 Å². The minimum Gasteiger partial charge on any atom is -0.380 e. The Kier molecular flexibility index (Phi) is 5.21. The third-order valence-corrected chi connectivity index (χ3v) is 2.98. The zero-order chi connectivity index (χ0) is 14.4. The molecule has 0 N–H and O–H groups in total. The first-order chi connectivity index (χ1) is 8.95. The van der Waals surface area contributed by atoms with Crippen molar-refractivity contribution in [3.05, 3.63) is 65.9 Å². The molecule has 0 spiro atoms. The highest BCUT2D eigenvalue weighted by Crippen LogP contribution is 2.12. The maximum Gasteiger partial charge on any atom is 0.0431 e. The van der Waals surface area contributed by atoms with E-state index in [4.69, 9.17) is 0 Å². The van der Waals surface area contributed by atoms with Crippen LogP contribution in [0.4, 0.5) is 0 Å². The highest BCUT2D eigenvalue weighted by Gasteiger charge is 1.97. The van der Waals surface area contributed by atoms with E-state index in [-0.39, 0.29) is 0 Å². The molecule has 0 unspecified atom stereocenters. The SMILES string of the molecule is C=C/C(C#Cc1ccc(C(=C)C)cc1)=C(/C)N(C)C. The van der Waals surface area contributed by atoms with Crippen LogP contribution in [0.25, 0.3) is 5.57 Å². The van der Waals surface area contributed by atoms with Crippen molar-refractivity contribution in [1.82, 2.24) is 4.90 Å². The van der Waals surface area contributed by atoms with Gasteiger partial charge in [0, 0.05) is 30.9 Å². The molecule has 0 radical (unpaired) electrons. The summed E-state index contributed by atoms with van der Waals surface area (Å²) in [6.07, 6.45) is 1.80. The first-order valence-electron chi connectivity index (χ1n) is 6.24. The summed E-state index contributed by atoms with van der Waals surface area (Å²) in [5, 5.41) is 0. The lowest BCUT2D eigenvalue weighted by Crippen LogP contribution is -2.09. The predicted molar refractivity (Wildman–Crippen MR) is 84.6 cm³/mol. The van der Waals surface area contributed by atoms with Crippen LogP contribution in [0.5, 0.6) is 0 Å². The van der Waals surface area contributed by atoms with E-state index in [1.54, 1.807) is 6.08 Å². The maximum atomic E-state index is 3.92. The summed E-state index contributed by atoms with van der Waals surface area (Å²) in [6, 6.07) is 8.12. The second-order valence-electron chi connectivity index (χ2n) is 4.71. The third kappa shape index (κ3) is 4.19. The summed E-state index contributed by atoms with van der Waals surface area (Å²) >= 11 is 0. The number of hydrogen-bond donors (Lipinski definition) is 0. The lowest BCUT2D eigenvalue weighted by Gasteiger charge is -2.13. The largest absolute Gasteiger partial charge is 0.380 e. The predicted octanol–water partition coefficient (Wildman–Crippen LogP) is 4.09. The monoisotopic (exact) mass is 251 g/mol. The molecule has 0 bridgehead atoms. The second kappa shape index (κ2) is 6.66. The van der Waals surface area contributed by atoms with Crippen molar-refractivity contribution in [2.45, 2.75) is 13.8 Å². The van der Waals surface area contributed by atoms with Crippen LogP contribution in [0, 0.1) is 11.8 Å². The molecule has 0 saturated carbocycles. The van der Waals surface area contributed by atoms with Gasteiger partial charge < -0.3 is 4.90 Å². The maximum absolute atomic E-state index is 3.92. The first kappa shape index (κ1) is 14.9. The van der Waals surface area contributed by atoms with Crippen LogP contribution in [-0.4, -0.2) is 19.0 Å². The van der Waals surface area contributed by atoms with Crippen LogP contribution in [-0.2, 0) is 0 Å². The van der Waals surface area contributed by atoms with Gasteiger partial charge in [-0.15, -0.1) is 0 Å². The number of hydrogen-bond acceptors (Lipinski definition) is 1. The molecule has 0 aliphatic heterocycles. The standard InChI is InChI=1S/C18H21N/c1-7-17(15(4)19(5)6)11-8-16-9-12-18(13-10-16)14(2)3/h7,9-10,12-13H,1-2H2,3-6H3/b17-15+. The Morgan fingerprint density at radius 1 is 1.16 bits per heavy atom. The molecule has 19 heavy (non-hydrogen) atoms. The van der Waals surface area contributed by atoms with Crippen LogP contribution in [0.2, 0.25) is 0 Å². The van der Waals surface area contributed by atoms with E-state index in [0.717, 1.165) is 28.0 Å². The average molecular weight is 251 g/mol. The van der Waals surface area contributed by atoms with Gasteiger partial charge in [0.05, 0.1) is 0 Å². The highest BCUT2D eigenvalue weighted by molar-refractivity contribution is 5.62. The van der Waals surface area contributed by atoms with Crippen LogP contribution in [0.1, 0.15) is 25.0 Å². The van der Waals surface area contributed by atoms with Gasteiger partial charge in [0.1, 0.15) is 0 Å². The smallest absolute Gasteiger partial charge is 0.0431 e. The van der Waals surface area contributed by atoms with E-state index in [2.05, 4.69) is 25.0 Å². The Morgan fingerprint density at radius 3 is 2.16 bits per heavy atom. The van der Waals surface area contributed by atoms with Gasteiger partial charge in [0.25, 0.3) is 0 Å². The van der Waals surface area contributed by atoms with E-state index < -0.39 is 0 Å². The van der Waals surface area contributed by atoms with Gasteiger partial charge >= 0.3 is 0 Å². The van der Waals surface area contributed by atoms with Crippen molar-refractivity contribution in [3.63, 3.8) is 0 Å². The fourth-order valence-corrected chi connectivity index (χ4v) is 1.51. The molecule has 0 saturated heterocycles. The molecule has 0 fully saturated rings. The minimum absolute atomic E-state index is 0.953. The van der Waals surface area contributed by atoms with Gasteiger partial charge in [0.15, 0.2) is 0 Å². The summed E-state index contributed by atoms with van der Waals surface area (Å²) in [6.45, 7) is 11.8. The van der Waals surface area contributed by atoms with E-state index in [9.17, 15) is 0 Å². The molecule has 1 heteroatoms. The van der Waals surface area contributed by atoms with Crippen molar-refractivity contribution >= 4 is 5.57 Å². The van der Waals surface area contributed by atoms with Crippen LogP contribution >= 0.6 is 0 Å². The second-order valence-corrected chi connectivity index (χ2v) is 4.71. The molecule has 1 aromatic carbocycles. The summed E-state index contributed by atoms with van der Waals surface area (Å²) in [7, 11) is 4.00. The van der Waals surface area contributed by atoms with Gasteiger partial charge in [-0.25, -0.2) is 0 Å². The molecule has 0 aliphatic carbocycles. The quantitative estimate of drug-likeness (QED) is 0.577. The molecule has 1 rings (SSSR count). The molecular formula is C18H21N. The third-order valence-electron chi connectivity index (χ3n) is 2.98. The summed E-state index contributed by atoms with van der Waals surface area (Å²) < 4.78 is 0. The minimum atomic E-state index is 0.953. The molecule has 0 aromatic heterocycles. The van der Waals surface area contributed by atoms with Crippen LogP contribution < -0.4 is 0 Å². The molecule has 0 atom stereocenters. The zero-order valence-electron chi connectivity index (χ0n) is 12.2. The molecule has 0 heterocycles. The Bertz CT molecular complexity index is 560. The van der Waals surface area contributed by atoms with Crippen LogP contribution in [0.15, 0.2) is 54.8 Å². The molecule has 0 amide bonds. The lowest BCUT2D eigenvalue weighted by molar-refractivity contribution is 0.511. The molecule has 0 aliphatic rings. The Morgan fingerprint density at radius 2 is 1.74 bits per heavy atom. The van der Waals surface area contributed by atoms with E-state index in [1.165, 1.54) is 0 Å². The summed E-state index contributed by atoms with van der Waals surface area (Å²) in [4.78, 5) is 2.04. The van der Waals surface area contributed by atoms with Gasteiger partial charge in [-0.1, -0.05) is 48.8 Å². The topological polar surface area (TPSA) is 3.24 Å². The fourth-order valence-electron chi connectivity index (χ4n) is 1.51. The van der Waals surface area contributed by atoms with E-state index >= 15 is 0 Å². The molecule has 1 aromatic rings. The van der Waals surface area contributed by atoms with E-state index in [1.807, 2.05) is 57.1 Å². The average Bonchev–Trinajstić information content (AvgIpc) is 2.39. The summed E-state index contributed by atoms with van der Waals surface area (Å²) in [5.74, 6) is 6.33. The Balaban J connectivity index is 3.03. The number of benzene rings is 1. The number of rotatable bonds is 3.